The van der Waals surface area contributed by atoms with E-state index in [4.69, 9.17) is 5.73 Å². The third kappa shape index (κ3) is 1.39. The Balaban J connectivity index is 2.04. The van der Waals surface area contributed by atoms with Crippen LogP contribution in [0.5, 0.6) is 0 Å². The molecule has 0 spiro atoms. The van der Waals surface area contributed by atoms with E-state index in [1.165, 1.54) is 0 Å². The topological polar surface area (TPSA) is 75.0 Å². The van der Waals surface area contributed by atoms with Crippen molar-refractivity contribution in [2.24, 2.45) is 5.73 Å². The maximum atomic E-state index is 11.7. The number of hydrogen-bond acceptors (Lipinski definition) is 3. The standard InChI is InChI=1S/C9H14N4O/c1-2-7(10)9(14)13-4-6-3-11-12-8(6)5-13/h3,7H,2,4-5,10H2,1H3,(H,11,12). The van der Waals surface area contributed by atoms with Gasteiger partial charge in [0.1, 0.15) is 0 Å². The number of amides is 1. The van der Waals surface area contributed by atoms with Crippen LogP contribution in [0.4, 0.5) is 0 Å². The highest BCUT2D eigenvalue weighted by atomic mass is 16.2. The molecule has 3 N–H and O–H groups in total. The predicted molar refractivity (Wildman–Crippen MR) is 51.1 cm³/mol. The van der Waals surface area contributed by atoms with Crippen molar-refractivity contribution in [2.45, 2.75) is 32.5 Å². The quantitative estimate of drug-likeness (QED) is 0.695. The van der Waals surface area contributed by atoms with Gasteiger partial charge in [0.25, 0.3) is 0 Å². The molecule has 0 saturated carbocycles. The van der Waals surface area contributed by atoms with Crippen molar-refractivity contribution < 1.29 is 4.79 Å². The molecule has 0 aliphatic carbocycles. The molecule has 1 aromatic rings. The van der Waals surface area contributed by atoms with E-state index < -0.39 is 0 Å². The van der Waals surface area contributed by atoms with E-state index in [0.717, 1.165) is 11.3 Å². The van der Waals surface area contributed by atoms with Crippen LogP contribution in [0, 0.1) is 0 Å². The highest BCUT2D eigenvalue weighted by Gasteiger charge is 2.27. The fourth-order valence-corrected chi connectivity index (χ4v) is 1.63. The summed E-state index contributed by atoms with van der Waals surface area (Å²) in [4.78, 5) is 13.5. The SMILES string of the molecule is CCC(N)C(=O)N1Cc2cn[nH]c2C1. The molecule has 1 aliphatic rings. The summed E-state index contributed by atoms with van der Waals surface area (Å²) < 4.78 is 0. The minimum Gasteiger partial charge on any atom is -0.331 e. The molecule has 76 valence electrons. The molecule has 5 nitrogen and oxygen atoms in total. The zero-order chi connectivity index (χ0) is 10.1. The van der Waals surface area contributed by atoms with E-state index >= 15 is 0 Å². The lowest BCUT2D eigenvalue weighted by Crippen LogP contribution is -2.40. The van der Waals surface area contributed by atoms with Crippen LogP contribution in [0.1, 0.15) is 24.6 Å². The first-order valence-corrected chi connectivity index (χ1v) is 4.78. The number of aromatic amines is 1. The second-order valence-electron chi connectivity index (χ2n) is 3.58. The Morgan fingerprint density at radius 1 is 1.79 bits per heavy atom. The molecule has 0 fully saturated rings. The number of hydrogen-bond donors (Lipinski definition) is 2. The fourth-order valence-electron chi connectivity index (χ4n) is 1.63. The number of fused-ring (bicyclic) bond motifs is 1. The summed E-state index contributed by atoms with van der Waals surface area (Å²) in [6.45, 7) is 3.17. The lowest BCUT2D eigenvalue weighted by Gasteiger charge is -2.19. The molecule has 2 heterocycles. The molecule has 5 heteroatoms. The van der Waals surface area contributed by atoms with Crippen molar-refractivity contribution in [1.82, 2.24) is 15.1 Å². The van der Waals surface area contributed by atoms with Gasteiger partial charge in [-0.1, -0.05) is 6.92 Å². The first kappa shape index (κ1) is 9.21. The van der Waals surface area contributed by atoms with Gasteiger partial charge < -0.3 is 10.6 Å². The molecule has 0 saturated heterocycles. The average Bonchev–Trinajstić information content (AvgIpc) is 2.74. The second kappa shape index (κ2) is 3.42. The molecule has 1 aromatic heterocycles. The summed E-state index contributed by atoms with van der Waals surface area (Å²) in [7, 11) is 0. The van der Waals surface area contributed by atoms with E-state index in [1.54, 1.807) is 11.1 Å². The number of rotatable bonds is 2. The minimum atomic E-state index is -0.369. The van der Waals surface area contributed by atoms with Crippen molar-refractivity contribution >= 4 is 5.91 Å². The number of nitrogens with one attached hydrogen (secondary N) is 1. The summed E-state index contributed by atoms with van der Waals surface area (Å²) in [5.41, 5.74) is 7.81. The zero-order valence-corrected chi connectivity index (χ0v) is 8.16. The highest BCUT2D eigenvalue weighted by molar-refractivity contribution is 5.82. The predicted octanol–water partition coefficient (Wildman–Crippen LogP) is -0.0108. The average molecular weight is 194 g/mol. The van der Waals surface area contributed by atoms with Gasteiger partial charge in [-0.2, -0.15) is 5.10 Å². The summed E-state index contributed by atoms with van der Waals surface area (Å²) in [5.74, 6) is 0.0251. The van der Waals surface area contributed by atoms with E-state index in [0.29, 0.717) is 19.5 Å². The second-order valence-corrected chi connectivity index (χ2v) is 3.58. The van der Waals surface area contributed by atoms with Crippen LogP contribution in [0.25, 0.3) is 0 Å². The molecule has 14 heavy (non-hydrogen) atoms. The monoisotopic (exact) mass is 194 g/mol. The molecule has 1 unspecified atom stereocenters. The Bertz CT molecular complexity index is 326. The van der Waals surface area contributed by atoms with Crippen LogP contribution in [0.15, 0.2) is 6.20 Å². The lowest BCUT2D eigenvalue weighted by atomic mass is 10.2. The molecular weight excluding hydrogens is 180 g/mol. The normalized spacial score (nSPS) is 16.9. The molecule has 0 radical (unpaired) electrons. The number of carbonyl (C=O) groups excluding carboxylic acids is 1. The molecule has 1 aliphatic heterocycles. The molecule has 2 rings (SSSR count). The summed E-state index contributed by atoms with van der Waals surface area (Å²) >= 11 is 0. The maximum absolute atomic E-state index is 11.7. The number of nitrogens with zero attached hydrogens (tertiary/aromatic N) is 2. The Morgan fingerprint density at radius 3 is 3.21 bits per heavy atom. The van der Waals surface area contributed by atoms with Gasteiger partial charge in [-0.3, -0.25) is 9.89 Å². The van der Waals surface area contributed by atoms with Crippen molar-refractivity contribution in [3.05, 3.63) is 17.5 Å². The van der Waals surface area contributed by atoms with Crippen molar-refractivity contribution in [2.75, 3.05) is 0 Å². The van der Waals surface area contributed by atoms with E-state index in [2.05, 4.69) is 10.2 Å². The maximum Gasteiger partial charge on any atom is 0.240 e. The van der Waals surface area contributed by atoms with Gasteiger partial charge in [-0.25, -0.2) is 0 Å². The molecular formula is C9H14N4O. The summed E-state index contributed by atoms with van der Waals surface area (Å²) in [5, 5.41) is 6.78. The number of nitrogens with two attached hydrogens (primary N) is 1. The van der Waals surface area contributed by atoms with E-state index in [-0.39, 0.29) is 11.9 Å². The summed E-state index contributed by atoms with van der Waals surface area (Å²) in [6.07, 6.45) is 2.45. The van der Waals surface area contributed by atoms with Crippen molar-refractivity contribution in [3.63, 3.8) is 0 Å². The number of carbonyl (C=O) groups is 1. The van der Waals surface area contributed by atoms with E-state index in [1.807, 2.05) is 6.92 Å². The Labute approximate surface area is 82.3 Å². The zero-order valence-electron chi connectivity index (χ0n) is 8.16. The molecule has 0 aromatic carbocycles. The Kier molecular flexibility index (Phi) is 2.25. The van der Waals surface area contributed by atoms with Gasteiger partial charge in [0, 0.05) is 12.1 Å². The molecule has 0 bridgehead atoms. The van der Waals surface area contributed by atoms with Crippen molar-refractivity contribution in [3.8, 4) is 0 Å². The Hall–Kier alpha value is -1.36. The number of aromatic nitrogens is 2. The van der Waals surface area contributed by atoms with Gasteiger partial charge in [0.05, 0.1) is 24.5 Å². The third-order valence-corrected chi connectivity index (χ3v) is 2.59. The van der Waals surface area contributed by atoms with Gasteiger partial charge in [-0.15, -0.1) is 0 Å². The van der Waals surface area contributed by atoms with E-state index in [9.17, 15) is 4.79 Å². The fraction of sp³-hybridized carbons (Fsp3) is 0.556. The first-order valence-electron chi connectivity index (χ1n) is 4.78. The molecule has 1 amide bonds. The number of H-pyrrole nitrogens is 1. The smallest absolute Gasteiger partial charge is 0.240 e. The van der Waals surface area contributed by atoms with Crippen LogP contribution in [-0.4, -0.2) is 27.0 Å². The van der Waals surface area contributed by atoms with Crippen LogP contribution >= 0.6 is 0 Å². The largest absolute Gasteiger partial charge is 0.331 e. The Morgan fingerprint density at radius 2 is 2.57 bits per heavy atom. The van der Waals surface area contributed by atoms with Gasteiger partial charge >= 0.3 is 0 Å². The van der Waals surface area contributed by atoms with Crippen LogP contribution < -0.4 is 5.73 Å². The first-order chi connectivity index (χ1) is 6.72. The third-order valence-electron chi connectivity index (χ3n) is 2.59. The van der Waals surface area contributed by atoms with Crippen LogP contribution in [-0.2, 0) is 17.9 Å². The van der Waals surface area contributed by atoms with Gasteiger partial charge in [0.15, 0.2) is 0 Å². The van der Waals surface area contributed by atoms with Gasteiger partial charge in [-0.05, 0) is 6.42 Å². The van der Waals surface area contributed by atoms with Crippen LogP contribution in [0.2, 0.25) is 0 Å². The molecule has 1 atom stereocenters. The summed E-state index contributed by atoms with van der Waals surface area (Å²) in [6, 6.07) is -0.369. The lowest BCUT2D eigenvalue weighted by molar-refractivity contribution is -0.133. The van der Waals surface area contributed by atoms with Crippen molar-refractivity contribution in [1.29, 1.82) is 0 Å². The van der Waals surface area contributed by atoms with Gasteiger partial charge in [0.2, 0.25) is 5.91 Å². The minimum absolute atomic E-state index is 0.0251. The van der Waals surface area contributed by atoms with Crippen LogP contribution in [0.3, 0.4) is 0 Å². The highest BCUT2D eigenvalue weighted by Crippen LogP contribution is 2.20.